The van der Waals surface area contributed by atoms with Gasteiger partial charge in [0.15, 0.2) is 5.78 Å². The maximum Gasteiger partial charge on any atom is 0.167 e. The Balaban J connectivity index is 1.67. The average Bonchev–Trinajstić information content (AvgIpc) is 2.94. The van der Waals surface area contributed by atoms with Crippen LogP contribution in [0.5, 0.6) is 5.75 Å². The largest absolute Gasteiger partial charge is 0.496 e. The van der Waals surface area contributed by atoms with Crippen molar-refractivity contribution in [2.24, 2.45) is 0 Å². The van der Waals surface area contributed by atoms with Gasteiger partial charge in [-0.15, -0.1) is 0 Å². The number of ketones is 1. The molecule has 5 heteroatoms. The third-order valence-electron chi connectivity index (χ3n) is 4.36. The third-order valence-corrected chi connectivity index (χ3v) is 4.59. The van der Waals surface area contributed by atoms with E-state index in [4.69, 9.17) is 21.1 Å². The zero-order chi connectivity index (χ0) is 14.8. The van der Waals surface area contributed by atoms with Crippen LogP contribution in [0.15, 0.2) is 18.2 Å². The highest BCUT2D eigenvalue weighted by Crippen LogP contribution is 2.26. The Kier molecular flexibility index (Phi) is 4.48. The first kappa shape index (κ1) is 14.8. The lowest BCUT2D eigenvalue weighted by atomic mass is 10.0. The van der Waals surface area contributed by atoms with Crippen LogP contribution < -0.4 is 4.74 Å². The van der Waals surface area contributed by atoms with Crippen molar-refractivity contribution in [2.45, 2.75) is 31.4 Å². The zero-order valence-corrected chi connectivity index (χ0v) is 12.9. The van der Waals surface area contributed by atoms with E-state index in [1.165, 1.54) is 12.8 Å². The van der Waals surface area contributed by atoms with Gasteiger partial charge in [0.05, 0.1) is 13.7 Å². The number of methoxy groups -OCH3 is 1. The van der Waals surface area contributed by atoms with Gasteiger partial charge in [-0.25, -0.2) is 0 Å². The molecule has 2 atom stereocenters. The van der Waals surface area contributed by atoms with Crippen molar-refractivity contribution < 1.29 is 14.3 Å². The molecule has 0 amide bonds. The molecule has 2 heterocycles. The first-order valence-electron chi connectivity index (χ1n) is 7.38. The first-order valence-corrected chi connectivity index (χ1v) is 7.76. The van der Waals surface area contributed by atoms with Crippen LogP contribution in [0.2, 0.25) is 5.02 Å². The van der Waals surface area contributed by atoms with Crippen LogP contribution in [-0.2, 0) is 16.0 Å². The Bertz CT molecular complexity index is 534. The highest BCUT2D eigenvalue weighted by Gasteiger charge is 2.35. The molecule has 3 rings (SSSR count). The quantitative estimate of drug-likeness (QED) is 0.855. The molecule has 1 aromatic rings. The molecule has 0 bridgehead atoms. The lowest BCUT2D eigenvalue weighted by molar-refractivity contribution is -0.137. The Morgan fingerprint density at radius 1 is 1.52 bits per heavy atom. The molecule has 114 valence electrons. The minimum Gasteiger partial charge on any atom is -0.496 e. The number of morpholine rings is 1. The van der Waals surface area contributed by atoms with Crippen molar-refractivity contribution in [1.82, 2.24) is 4.90 Å². The number of benzene rings is 1. The van der Waals surface area contributed by atoms with Crippen LogP contribution in [0.1, 0.15) is 18.4 Å². The van der Waals surface area contributed by atoms with E-state index in [2.05, 4.69) is 4.90 Å². The van der Waals surface area contributed by atoms with Gasteiger partial charge < -0.3 is 9.47 Å². The fourth-order valence-electron chi connectivity index (χ4n) is 3.20. The van der Waals surface area contributed by atoms with Crippen LogP contribution >= 0.6 is 11.6 Å². The third kappa shape index (κ3) is 3.23. The van der Waals surface area contributed by atoms with Gasteiger partial charge >= 0.3 is 0 Å². The Morgan fingerprint density at radius 3 is 3.19 bits per heavy atom. The van der Waals surface area contributed by atoms with Crippen LogP contribution in [0, 0.1) is 0 Å². The molecular weight excluding hydrogens is 290 g/mol. The lowest BCUT2D eigenvalue weighted by Crippen LogP contribution is -2.49. The lowest BCUT2D eigenvalue weighted by Gasteiger charge is -2.34. The van der Waals surface area contributed by atoms with Crippen LogP contribution in [0.3, 0.4) is 0 Å². The normalized spacial score (nSPS) is 25.6. The minimum atomic E-state index is -0.331. The van der Waals surface area contributed by atoms with Gasteiger partial charge in [-0.3, -0.25) is 9.69 Å². The number of fused-ring (bicyclic) bond motifs is 1. The summed E-state index contributed by atoms with van der Waals surface area (Å²) in [6, 6.07) is 5.86. The second-order valence-electron chi connectivity index (χ2n) is 5.71. The zero-order valence-electron chi connectivity index (χ0n) is 12.2. The van der Waals surface area contributed by atoms with Crippen molar-refractivity contribution in [3.63, 3.8) is 0 Å². The number of nitrogens with zero attached hydrogens (tertiary/aromatic N) is 1. The van der Waals surface area contributed by atoms with E-state index in [1.807, 2.05) is 0 Å². The van der Waals surface area contributed by atoms with Gasteiger partial charge in [-0.2, -0.15) is 0 Å². The molecule has 2 aliphatic rings. The molecule has 1 aromatic carbocycles. The number of rotatable bonds is 4. The molecule has 0 saturated carbocycles. The van der Waals surface area contributed by atoms with Crippen LogP contribution in [-0.4, -0.2) is 49.6 Å². The summed E-state index contributed by atoms with van der Waals surface area (Å²) < 4.78 is 11.1. The molecule has 0 radical (unpaired) electrons. The van der Waals surface area contributed by atoms with Gasteiger partial charge in [0.2, 0.25) is 0 Å². The highest BCUT2D eigenvalue weighted by atomic mass is 35.5. The van der Waals surface area contributed by atoms with Crippen molar-refractivity contribution in [3.8, 4) is 5.75 Å². The molecule has 0 N–H and O–H groups in total. The first-order chi connectivity index (χ1) is 10.2. The van der Waals surface area contributed by atoms with E-state index in [0.717, 1.165) is 12.1 Å². The van der Waals surface area contributed by atoms with Gasteiger partial charge in [0, 0.05) is 29.6 Å². The summed E-state index contributed by atoms with van der Waals surface area (Å²) in [5, 5.41) is 0.614. The second kappa shape index (κ2) is 6.34. The molecule has 0 aliphatic carbocycles. The number of Topliss-reactive ketones (excluding diaryl/α,β-unsaturated/α-hetero) is 1. The molecule has 2 fully saturated rings. The Labute approximate surface area is 130 Å². The molecule has 4 nitrogen and oxygen atoms in total. The SMILES string of the molecule is COc1ccc(Cl)cc1CC(=O)C1CN2CCCC2CO1. The highest BCUT2D eigenvalue weighted by molar-refractivity contribution is 6.30. The Hall–Kier alpha value is -1.10. The fraction of sp³-hybridized carbons (Fsp3) is 0.562. The molecular formula is C16H20ClNO3. The standard InChI is InChI=1S/C16H20ClNO3/c1-20-15-5-4-12(17)7-11(15)8-14(19)16-9-18-6-2-3-13(18)10-21-16/h4-5,7,13,16H,2-3,6,8-10H2,1H3. The van der Waals surface area contributed by atoms with E-state index < -0.39 is 0 Å². The summed E-state index contributed by atoms with van der Waals surface area (Å²) in [5.41, 5.74) is 0.821. The molecule has 2 saturated heterocycles. The number of ether oxygens (including phenoxy) is 2. The number of carbonyl (C=O) groups is 1. The molecule has 0 aromatic heterocycles. The predicted molar refractivity (Wildman–Crippen MR) is 81.1 cm³/mol. The summed E-state index contributed by atoms with van der Waals surface area (Å²) in [4.78, 5) is 14.9. The number of hydrogen-bond acceptors (Lipinski definition) is 4. The van der Waals surface area contributed by atoms with Gasteiger partial charge in [0.25, 0.3) is 0 Å². The molecule has 2 aliphatic heterocycles. The second-order valence-corrected chi connectivity index (χ2v) is 6.15. The Morgan fingerprint density at radius 2 is 2.38 bits per heavy atom. The summed E-state index contributed by atoms with van der Waals surface area (Å²) in [6.45, 7) is 2.47. The van der Waals surface area contributed by atoms with Crippen LogP contribution in [0.25, 0.3) is 0 Å². The van der Waals surface area contributed by atoms with E-state index in [1.54, 1.807) is 25.3 Å². The van der Waals surface area contributed by atoms with Crippen molar-refractivity contribution >= 4 is 17.4 Å². The minimum absolute atomic E-state index is 0.0981. The summed E-state index contributed by atoms with van der Waals surface area (Å²) in [6.07, 6.45) is 2.36. The number of hydrogen-bond donors (Lipinski definition) is 0. The van der Waals surface area contributed by atoms with E-state index in [-0.39, 0.29) is 11.9 Å². The van der Waals surface area contributed by atoms with Crippen molar-refractivity contribution in [1.29, 1.82) is 0 Å². The smallest absolute Gasteiger partial charge is 0.167 e. The monoisotopic (exact) mass is 309 g/mol. The van der Waals surface area contributed by atoms with E-state index >= 15 is 0 Å². The van der Waals surface area contributed by atoms with Gasteiger partial charge in [-0.1, -0.05) is 11.6 Å². The molecule has 21 heavy (non-hydrogen) atoms. The fourth-order valence-corrected chi connectivity index (χ4v) is 3.39. The number of halogens is 1. The molecule has 0 spiro atoms. The van der Waals surface area contributed by atoms with Crippen LogP contribution in [0.4, 0.5) is 0 Å². The number of carbonyl (C=O) groups excluding carboxylic acids is 1. The predicted octanol–water partition coefficient (Wildman–Crippen LogP) is 2.32. The average molecular weight is 310 g/mol. The maximum absolute atomic E-state index is 12.5. The topological polar surface area (TPSA) is 38.8 Å². The van der Waals surface area contributed by atoms with E-state index in [0.29, 0.717) is 36.4 Å². The van der Waals surface area contributed by atoms with Crippen molar-refractivity contribution in [3.05, 3.63) is 28.8 Å². The van der Waals surface area contributed by atoms with E-state index in [9.17, 15) is 4.79 Å². The summed E-state index contributed by atoms with van der Waals surface area (Å²) in [7, 11) is 1.60. The van der Waals surface area contributed by atoms with Gasteiger partial charge in [-0.05, 0) is 37.6 Å². The maximum atomic E-state index is 12.5. The summed E-state index contributed by atoms with van der Waals surface area (Å²) in [5.74, 6) is 0.795. The molecule has 2 unspecified atom stereocenters. The van der Waals surface area contributed by atoms with Crippen molar-refractivity contribution in [2.75, 3.05) is 26.8 Å². The summed E-state index contributed by atoms with van der Waals surface area (Å²) >= 11 is 6.01. The van der Waals surface area contributed by atoms with Gasteiger partial charge in [0.1, 0.15) is 11.9 Å².